The van der Waals surface area contributed by atoms with E-state index < -0.39 is 0 Å². The molecule has 4 nitrogen and oxygen atoms in total. The summed E-state index contributed by atoms with van der Waals surface area (Å²) in [5.74, 6) is 0.925. The first-order chi connectivity index (χ1) is 9.13. The van der Waals surface area contributed by atoms with E-state index in [1.54, 1.807) is 13.3 Å². The fraction of sp³-hybridized carbons (Fsp3) is 0.786. The van der Waals surface area contributed by atoms with Crippen LogP contribution in [-0.2, 0) is 11.3 Å². The number of nitrogens with zero attached hydrogens (tertiary/aromatic N) is 2. The third kappa shape index (κ3) is 3.94. The zero-order valence-corrected chi connectivity index (χ0v) is 12.8. The maximum absolute atomic E-state index is 6.29. The quantitative estimate of drug-likeness (QED) is 0.798. The standard InChI is InChI=1S/C14H24ClN3O/c1-10(8-16-12-4-5-12)11(2)14-13(15)9-17-18(14)6-7-19-3/h9-12,16H,4-8H2,1-3H3. The molecule has 2 rings (SSSR count). The molecule has 1 aromatic rings. The van der Waals surface area contributed by atoms with Gasteiger partial charge in [0.2, 0.25) is 0 Å². The molecular weight excluding hydrogens is 262 g/mol. The van der Waals surface area contributed by atoms with Gasteiger partial charge in [0.15, 0.2) is 0 Å². The van der Waals surface area contributed by atoms with Gasteiger partial charge >= 0.3 is 0 Å². The lowest BCUT2D eigenvalue weighted by Gasteiger charge is -2.22. The Hall–Kier alpha value is -0.580. The Morgan fingerprint density at radius 1 is 1.53 bits per heavy atom. The molecule has 1 N–H and O–H groups in total. The topological polar surface area (TPSA) is 39.1 Å². The van der Waals surface area contributed by atoms with Crippen LogP contribution in [0.2, 0.25) is 5.02 Å². The minimum atomic E-state index is 0.387. The van der Waals surface area contributed by atoms with Crippen LogP contribution in [0.25, 0.3) is 0 Å². The van der Waals surface area contributed by atoms with E-state index in [9.17, 15) is 0 Å². The van der Waals surface area contributed by atoms with E-state index in [-0.39, 0.29) is 0 Å². The highest BCUT2D eigenvalue weighted by atomic mass is 35.5. The van der Waals surface area contributed by atoms with Crippen LogP contribution >= 0.6 is 11.6 Å². The van der Waals surface area contributed by atoms with E-state index in [1.807, 2.05) is 4.68 Å². The molecule has 0 aliphatic heterocycles. The van der Waals surface area contributed by atoms with Crippen molar-refractivity contribution in [2.45, 2.75) is 45.2 Å². The Labute approximate surface area is 120 Å². The first kappa shape index (κ1) is 14.8. The van der Waals surface area contributed by atoms with Crippen molar-refractivity contribution in [3.05, 3.63) is 16.9 Å². The second-order valence-electron chi connectivity index (χ2n) is 5.54. The summed E-state index contributed by atoms with van der Waals surface area (Å²) in [6.45, 7) is 6.95. The Bertz CT molecular complexity index is 403. The van der Waals surface area contributed by atoms with Gasteiger partial charge in [0.05, 0.1) is 30.1 Å². The summed E-state index contributed by atoms with van der Waals surface area (Å²) in [6, 6.07) is 0.753. The van der Waals surface area contributed by atoms with Crippen molar-refractivity contribution >= 4 is 11.6 Å². The van der Waals surface area contributed by atoms with Crippen LogP contribution in [0, 0.1) is 5.92 Å². The van der Waals surface area contributed by atoms with E-state index >= 15 is 0 Å². The predicted octanol–water partition coefficient (Wildman–Crippen LogP) is 2.67. The minimum absolute atomic E-state index is 0.387. The summed E-state index contributed by atoms with van der Waals surface area (Å²) in [5, 5.41) is 8.70. The van der Waals surface area contributed by atoms with Crippen LogP contribution < -0.4 is 5.32 Å². The van der Waals surface area contributed by atoms with Gasteiger partial charge in [0, 0.05) is 19.1 Å². The average Bonchev–Trinajstić information content (AvgIpc) is 3.16. The highest BCUT2D eigenvalue weighted by Gasteiger charge is 2.25. The summed E-state index contributed by atoms with van der Waals surface area (Å²) in [5.41, 5.74) is 1.13. The molecule has 1 heterocycles. The van der Waals surface area contributed by atoms with Gasteiger partial charge in [-0.3, -0.25) is 4.68 Å². The maximum Gasteiger partial charge on any atom is 0.0820 e. The van der Waals surface area contributed by atoms with Gasteiger partial charge < -0.3 is 10.1 Å². The average molecular weight is 286 g/mol. The molecule has 0 spiro atoms. The zero-order valence-electron chi connectivity index (χ0n) is 12.0. The van der Waals surface area contributed by atoms with Crippen LogP contribution in [0.4, 0.5) is 0 Å². The second-order valence-corrected chi connectivity index (χ2v) is 5.95. The van der Waals surface area contributed by atoms with Crippen LogP contribution in [0.5, 0.6) is 0 Å². The van der Waals surface area contributed by atoms with E-state index in [2.05, 4.69) is 24.3 Å². The summed E-state index contributed by atoms with van der Waals surface area (Å²) in [4.78, 5) is 0. The number of rotatable bonds is 8. The molecule has 2 unspecified atom stereocenters. The second kappa shape index (κ2) is 6.73. The van der Waals surface area contributed by atoms with E-state index in [0.717, 1.165) is 29.8 Å². The largest absolute Gasteiger partial charge is 0.383 e. The summed E-state index contributed by atoms with van der Waals surface area (Å²) in [7, 11) is 1.70. The van der Waals surface area contributed by atoms with Gasteiger partial charge in [0.25, 0.3) is 0 Å². The molecule has 0 amide bonds. The number of hydrogen-bond acceptors (Lipinski definition) is 3. The number of ether oxygens (including phenoxy) is 1. The normalized spacial score (nSPS) is 18.5. The highest BCUT2D eigenvalue weighted by Crippen LogP contribution is 2.30. The molecule has 1 aromatic heterocycles. The summed E-state index contributed by atoms with van der Waals surface area (Å²) >= 11 is 6.29. The predicted molar refractivity (Wildman–Crippen MR) is 77.7 cm³/mol. The van der Waals surface area contributed by atoms with E-state index in [4.69, 9.17) is 16.3 Å². The van der Waals surface area contributed by atoms with Crippen molar-refractivity contribution in [1.29, 1.82) is 0 Å². The summed E-state index contributed by atoms with van der Waals surface area (Å²) in [6.07, 6.45) is 4.39. The number of nitrogens with one attached hydrogen (secondary N) is 1. The molecule has 19 heavy (non-hydrogen) atoms. The van der Waals surface area contributed by atoms with Crippen LogP contribution in [0.15, 0.2) is 6.20 Å². The van der Waals surface area contributed by atoms with Gasteiger partial charge in [0.1, 0.15) is 0 Å². The van der Waals surface area contributed by atoms with Crippen LogP contribution in [0.1, 0.15) is 38.3 Å². The van der Waals surface area contributed by atoms with E-state index in [0.29, 0.717) is 18.4 Å². The smallest absolute Gasteiger partial charge is 0.0820 e. The molecule has 0 bridgehead atoms. The third-order valence-corrected chi connectivity index (χ3v) is 4.22. The Morgan fingerprint density at radius 2 is 2.26 bits per heavy atom. The Morgan fingerprint density at radius 3 is 2.89 bits per heavy atom. The van der Waals surface area contributed by atoms with Gasteiger partial charge in [-0.1, -0.05) is 25.4 Å². The molecule has 108 valence electrons. The number of methoxy groups -OCH3 is 1. The lowest BCUT2D eigenvalue weighted by molar-refractivity contribution is 0.181. The first-order valence-electron chi connectivity index (χ1n) is 7.07. The van der Waals surface area contributed by atoms with Crippen molar-refractivity contribution in [1.82, 2.24) is 15.1 Å². The monoisotopic (exact) mass is 285 g/mol. The molecule has 0 radical (unpaired) electrons. The van der Waals surface area contributed by atoms with Crippen molar-refractivity contribution in [2.24, 2.45) is 5.92 Å². The van der Waals surface area contributed by atoms with Crippen LogP contribution in [-0.4, -0.2) is 36.1 Å². The van der Waals surface area contributed by atoms with Crippen molar-refractivity contribution in [3.8, 4) is 0 Å². The zero-order chi connectivity index (χ0) is 13.8. The minimum Gasteiger partial charge on any atom is -0.383 e. The lowest BCUT2D eigenvalue weighted by Crippen LogP contribution is -2.27. The number of hydrogen-bond donors (Lipinski definition) is 1. The molecule has 1 saturated carbocycles. The van der Waals surface area contributed by atoms with Gasteiger partial charge in [-0.2, -0.15) is 5.10 Å². The number of halogens is 1. The molecular formula is C14H24ClN3O. The van der Waals surface area contributed by atoms with Gasteiger partial charge in [-0.05, 0) is 25.3 Å². The highest BCUT2D eigenvalue weighted by molar-refractivity contribution is 6.31. The summed E-state index contributed by atoms with van der Waals surface area (Å²) < 4.78 is 7.10. The number of aromatic nitrogens is 2. The Balaban J connectivity index is 1.98. The lowest BCUT2D eigenvalue weighted by atomic mass is 9.92. The molecule has 2 atom stereocenters. The SMILES string of the molecule is COCCn1ncc(Cl)c1C(C)C(C)CNC1CC1. The third-order valence-electron chi connectivity index (χ3n) is 3.93. The molecule has 1 aliphatic carbocycles. The van der Waals surface area contributed by atoms with Gasteiger partial charge in [-0.25, -0.2) is 0 Å². The van der Waals surface area contributed by atoms with Gasteiger partial charge in [-0.15, -0.1) is 0 Å². The maximum atomic E-state index is 6.29. The van der Waals surface area contributed by atoms with Crippen LogP contribution in [0.3, 0.4) is 0 Å². The molecule has 5 heteroatoms. The molecule has 1 aliphatic rings. The fourth-order valence-corrected chi connectivity index (χ4v) is 2.58. The van der Waals surface area contributed by atoms with Crippen molar-refractivity contribution < 1.29 is 4.74 Å². The molecule has 0 aromatic carbocycles. The Kier molecular flexibility index (Phi) is 5.25. The van der Waals surface area contributed by atoms with Crippen molar-refractivity contribution in [2.75, 3.05) is 20.3 Å². The molecule has 1 fully saturated rings. The fourth-order valence-electron chi connectivity index (χ4n) is 2.27. The van der Waals surface area contributed by atoms with E-state index in [1.165, 1.54) is 12.8 Å². The molecule has 0 saturated heterocycles. The first-order valence-corrected chi connectivity index (χ1v) is 7.44. The van der Waals surface area contributed by atoms with Crippen molar-refractivity contribution in [3.63, 3.8) is 0 Å².